The van der Waals surface area contributed by atoms with Crippen molar-refractivity contribution in [1.82, 2.24) is 5.32 Å². The number of carbonyl (C=O) groups excluding carboxylic acids is 2. The third-order valence-corrected chi connectivity index (χ3v) is 2.95. The fraction of sp³-hybridized carbons (Fsp3) is 0.333. The topological polar surface area (TPSA) is 105 Å². The molecule has 2 aliphatic rings. The molecule has 100 valence electrons. The normalized spacial score (nSPS) is 16.9. The van der Waals surface area contributed by atoms with E-state index in [2.05, 4.69) is 16.0 Å². The maximum atomic E-state index is 11.7. The molecule has 0 radical (unpaired) electrons. The molecule has 1 aromatic rings. The van der Waals surface area contributed by atoms with Gasteiger partial charge in [-0.25, -0.2) is 4.79 Å². The highest BCUT2D eigenvalue weighted by Gasteiger charge is 2.24. The number of rotatable bonds is 2. The summed E-state index contributed by atoms with van der Waals surface area (Å²) in [6, 6.07) is 3.15. The third kappa shape index (κ3) is 2.54. The van der Waals surface area contributed by atoms with Gasteiger partial charge in [-0.05, 0) is 18.9 Å². The zero-order valence-corrected chi connectivity index (χ0v) is 10.2. The third-order valence-electron chi connectivity index (χ3n) is 2.95. The van der Waals surface area contributed by atoms with Crippen molar-refractivity contribution in [3.63, 3.8) is 0 Å². The number of anilines is 3. The highest BCUT2D eigenvalue weighted by molar-refractivity contribution is 5.99. The van der Waals surface area contributed by atoms with E-state index < -0.39 is 0 Å². The standard InChI is InChI=1S/C12H14N4O3/c13-7-3-10-9(15-11(17)5-19-10)4-8(7)16-12(18)14-6-1-2-6/h3-4,6H,1-2,5,13H2,(H,15,17)(H2,14,16,18). The fourth-order valence-corrected chi connectivity index (χ4v) is 1.82. The highest BCUT2D eigenvalue weighted by atomic mass is 16.5. The second-order valence-electron chi connectivity index (χ2n) is 4.65. The first-order valence-corrected chi connectivity index (χ1v) is 6.05. The van der Waals surface area contributed by atoms with Gasteiger partial charge < -0.3 is 26.4 Å². The number of urea groups is 1. The lowest BCUT2D eigenvalue weighted by Crippen LogP contribution is -2.31. The minimum absolute atomic E-state index is 0.0264. The zero-order valence-electron chi connectivity index (χ0n) is 10.2. The van der Waals surface area contributed by atoms with E-state index in [9.17, 15) is 9.59 Å². The van der Waals surface area contributed by atoms with Crippen LogP contribution in [-0.2, 0) is 4.79 Å². The predicted molar refractivity (Wildman–Crippen MR) is 70.2 cm³/mol. The molecule has 7 heteroatoms. The van der Waals surface area contributed by atoms with Gasteiger partial charge in [-0.15, -0.1) is 0 Å². The molecule has 7 nitrogen and oxygen atoms in total. The molecular weight excluding hydrogens is 248 g/mol. The minimum Gasteiger partial charge on any atom is -0.482 e. The smallest absolute Gasteiger partial charge is 0.319 e. The first kappa shape index (κ1) is 11.6. The molecule has 19 heavy (non-hydrogen) atoms. The lowest BCUT2D eigenvalue weighted by atomic mass is 10.2. The Bertz CT molecular complexity index is 554. The van der Waals surface area contributed by atoms with Gasteiger partial charge in [0, 0.05) is 12.1 Å². The van der Waals surface area contributed by atoms with E-state index in [1.807, 2.05) is 0 Å². The summed E-state index contributed by atoms with van der Waals surface area (Å²) in [5.74, 6) is 0.274. The molecular formula is C12H14N4O3. The lowest BCUT2D eigenvalue weighted by molar-refractivity contribution is -0.118. The number of nitrogens with one attached hydrogen (secondary N) is 3. The Kier molecular flexibility index (Phi) is 2.66. The number of nitrogens with two attached hydrogens (primary N) is 1. The van der Waals surface area contributed by atoms with Gasteiger partial charge in [0.2, 0.25) is 0 Å². The molecule has 3 rings (SSSR count). The van der Waals surface area contributed by atoms with Crippen LogP contribution in [0, 0.1) is 0 Å². The van der Waals surface area contributed by atoms with Crippen molar-refractivity contribution in [3.8, 4) is 5.75 Å². The molecule has 1 heterocycles. The first-order valence-electron chi connectivity index (χ1n) is 6.05. The van der Waals surface area contributed by atoms with E-state index in [1.54, 1.807) is 12.1 Å². The van der Waals surface area contributed by atoms with Crippen molar-refractivity contribution in [3.05, 3.63) is 12.1 Å². The van der Waals surface area contributed by atoms with Gasteiger partial charge in [0.05, 0.1) is 17.1 Å². The van der Waals surface area contributed by atoms with E-state index in [1.165, 1.54) is 0 Å². The maximum absolute atomic E-state index is 11.7. The Morgan fingerprint density at radius 1 is 1.42 bits per heavy atom. The molecule has 0 bridgehead atoms. The lowest BCUT2D eigenvalue weighted by Gasteiger charge is -2.20. The summed E-state index contributed by atoms with van der Waals surface area (Å²) in [6.45, 7) is -0.0264. The predicted octanol–water partition coefficient (Wildman–Crippen LogP) is 0.884. The summed E-state index contributed by atoms with van der Waals surface area (Å²) in [4.78, 5) is 22.9. The van der Waals surface area contributed by atoms with Crippen LogP contribution in [0.2, 0.25) is 0 Å². The van der Waals surface area contributed by atoms with Gasteiger partial charge in [0.15, 0.2) is 6.61 Å². The van der Waals surface area contributed by atoms with E-state index in [-0.39, 0.29) is 24.6 Å². The van der Waals surface area contributed by atoms with Crippen LogP contribution in [0.4, 0.5) is 21.9 Å². The summed E-state index contributed by atoms with van der Waals surface area (Å²) < 4.78 is 5.23. The van der Waals surface area contributed by atoms with Gasteiger partial charge in [0.1, 0.15) is 5.75 Å². The highest BCUT2D eigenvalue weighted by Crippen LogP contribution is 2.35. The monoisotopic (exact) mass is 262 g/mol. The van der Waals surface area contributed by atoms with Crippen LogP contribution in [0.15, 0.2) is 12.1 Å². The van der Waals surface area contributed by atoms with E-state index in [0.717, 1.165) is 12.8 Å². The molecule has 0 atom stereocenters. The number of benzene rings is 1. The van der Waals surface area contributed by atoms with Gasteiger partial charge in [0.25, 0.3) is 5.91 Å². The van der Waals surface area contributed by atoms with Gasteiger partial charge in [-0.2, -0.15) is 0 Å². The molecule has 1 aliphatic carbocycles. The second-order valence-corrected chi connectivity index (χ2v) is 4.65. The van der Waals surface area contributed by atoms with Crippen molar-refractivity contribution < 1.29 is 14.3 Å². The molecule has 0 spiro atoms. The van der Waals surface area contributed by atoms with Gasteiger partial charge in [-0.3, -0.25) is 4.79 Å². The zero-order chi connectivity index (χ0) is 13.4. The summed E-state index contributed by atoms with van der Waals surface area (Å²) >= 11 is 0. The summed E-state index contributed by atoms with van der Waals surface area (Å²) in [5.41, 5.74) is 7.18. The molecule has 0 unspecified atom stereocenters. The Morgan fingerprint density at radius 3 is 2.95 bits per heavy atom. The Morgan fingerprint density at radius 2 is 2.21 bits per heavy atom. The largest absolute Gasteiger partial charge is 0.482 e. The van der Waals surface area contributed by atoms with Crippen molar-refractivity contribution in [2.75, 3.05) is 23.0 Å². The van der Waals surface area contributed by atoms with Crippen LogP contribution in [0.25, 0.3) is 0 Å². The Labute approximate surface area is 109 Å². The van der Waals surface area contributed by atoms with Crippen molar-refractivity contribution in [2.24, 2.45) is 0 Å². The van der Waals surface area contributed by atoms with Crippen LogP contribution in [0.1, 0.15) is 12.8 Å². The van der Waals surface area contributed by atoms with Crippen LogP contribution in [0.5, 0.6) is 5.75 Å². The SMILES string of the molecule is Nc1cc2c(cc1NC(=O)NC1CC1)NC(=O)CO2. The van der Waals surface area contributed by atoms with Crippen molar-refractivity contribution in [2.45, 2.75) is 18.9 Å². The van der Waals surface area contributed by atoms with Crippen LogP contribution >= 0.6 is 0 Å². The van der Waals surface area contributed by atoms with E-state index in [0.29, 0.717) is 22.8 Å². The first-order chi connectivity index (χ1) is 9.11. The summed E-state index contributed by atoms with van der Waals surface area (Å²) in [7, 11) is 0. The summed E-state index contributed by atoms with van der Waals surface area (Å²) in [5, 5.41) is 8.12. The molecule has 5 N–H and O–H groups in total. The number of hydrogen-bond acceptors (Lipinski definition) is 4. The minimum atomic E-state index is -0.294. The van der Waals surface area contributed by atoms with Crippen LogP contribution < -0.4 is 26.4 Å². The van der Waals surface area contributed by atoms with E-state index in [4.69, 9.17) is 10.5 Å². The maximum Gasteiger partial charge on any atom is 0.319 e. The van der Waals surface area contributed by atoms with Crippen LogP contribution in [0.3, 0.4) is 0 Å². The molecule has 1 aliphatic heterocycles. The number of ether oxygens (including phenoxy) is 1. The van der Waals surface area contributed by atoms with Gasteiger partial charge in [-0.1, -0.05) is 0 Å². The number of fused-ring (bicyclic) bond motifs is 1. The van der Waals surface area contributed by atoms with Crippen LogP contribution in [-0.4, -0.2) is 24.6 Å². The van der Waals surface area contributed by atoms with Crippen molar-refractivity contribution in [1.29, 1.82) is 0 Å². The quantitative estimate of drug-likeness (QED) is 0.594. The second kappa shape index (κ2) is 4.34. The Balaban J connectivity index is 1.78. The average Bonchev–Trinajstić information content (AvgIpc) is 3.14. The molecule has 1 aromatic carbocycles. The Hall–Kier alpha value is -2.44. The number of nitrogen functional groups attached to an aromatic ring is 1. The summed E-state index contributed by atoms with van der Waals surface area (Å²) in [6.07, 6.45) is 2.02. The molecule has 0 saturated heterocycles. The van der Waals surface area contributed by atoms with E-state index >= 15 is 0 Å². The number of amides is 3. The fourth-order valence-electron chi connectivity index (χ4n) is 1.82. The molecule has 0 aromatic heterocycles. The van der Waals surface area contributed by atoms with Crippen molar-refractivity contribution >= 4 is 29.0 Å². The molecule has 3 amide bonds. The molecule has 1 saturated carbocycles. The average molecular weight is 262 g/mol. The number of carbonyl (C=O) groups is 2. The molecule has 1 fully saturated rings. The number of hydrogen-bond donors (Lipinski definition) is 4. The van der Waals surface area contributed by atoms with Gasteiger partial charge >= 0.3 is 6.03 Å².